The van der Waals surface area contributed by atoms with Gasteiger partial charge in [-0.15, -0.1) is 0 Å². The number of nitrogens with zero attached hydrogens (tertiary/aromatic N) is 6. The van der Waals surface area contributed by atoms with E-state index in [2.05, 4.69) is 105 Å². The van der Waals surface area contributed by atoms with Crippen LogP contribution in [-0.4, -0.2) is 44.1 Å². The van der Waals surface area contributed by atoms with Crippen LogP contribution in [0.15, 0.2) is 183 Å². The van der Waals surface area contributed by atoms with Crippen LogP contribution in [0.25, 0.3) is 92.1 Å². The Labute approximate surface area is 360 Å². The smallest absolute Gasteiger partial charge is 0.126 e. The molecule has 0 aliphatic heterocycles. The van der Waals surface area contributed by atoms with E-state index >= 15 is 0 Å². The number of methoxy groups -OCH3 is 2. The molecule has 0 amide bonds. The number of hydrogen-bond donors (Lipinski definition) is 0. The van der Waals surface area contributed by atoms with Crippen LogP contribution in [0.2, 0.25) is 0 Å². The van der Waals surface area contributed by atoms with Gasteiger partial charge in [0.25, 0.3) is 0 Å². The van der Waals surface area contributed by atoms with Crippen LogP contribution in [0, 0.1) is 0 Å². The highest BCUT2D eigenvalue weighted by molar-refractivity contribution is 5.81. The normalized spacial score (nSPS) is 11.3. The first-order valence-electron chi connectivity index (χ1n) is 20.1. The Bertz CT molecular complexity index is 2670. The van der Waals surface area contributed by atoms with Crippen LogP contribution in [0.5, 0.6) is 11.5 Å². The summed E-state index contributed by atoms with van der Waals surface area (Å²) in [4.78, 5) is 28.0. The first-order chi connectivity index (χ1) is 30.6. The van der Waals surface area contributed by atoms with E-state index in [0.717, 1.165) is 102 Å². The van der Waals surface area contributed by atoms with Crippen molar-refractivity contribution in [3.63, 3.8) is 0 Å². The van der Waals surface area contributed by atoms with E-state index < -0.39 is 0 Å². The number of aromatic nitrogens is 6. The van der Waals surface area contributed by atoms with Crippen LogP contribution in [-0.2, 0) is 0 Å². The lowest BCUT2D eigenvalue weighted by molar-refractivity contribution is 0.401. The zero-order chi connectivity index (χ0) is 42.1. The molecule has 0 bridgehead atoms. The van der Waals surface area contributed by atoms with Crippen molar-refractivity contribution in [1.82, 2.24) is 29.9 Å². The fourth-order valence-corrected chi connectivity index (χ4v) is 7.13. The van der Waals surface area contributed by atoms with E-state index in [1.165, 1.54) is 0 Å². The summed E-state index contributed by atoms with van der Waals surface area (Å²) < 4.78 is 11.8. The molecule has 0 atom stereocenters. The second kappa shape index (κ2) is 18.3. The quantitative estimate of drug-likeness (QED) is 0.113. The van der Waals surface area contributed by atoms with Gasteiger partial charge in [0, 0.05) is 35.9 Å². The Hall–Kier alpha value is -8.36. The summed E-state index contributed by atoms with van der Waals surface area (Å²) in [7, 11) is 3.37. The van der Waals surface area contributed by atoms with Gasteiger partial charge in [0.2, 0.25) is 0 Å². The molecule has 0 saturated carbocycles. The zero-order valence-electron chi connectivity index (χ0n) is 34.1. The number of rotatable bonds is 12. The van der Waals surface area contributed by atoms with Gasteiger partial charge < -0.3 is 9.47 Å². The molecule has 8 heteroatoms. The third kappa shape index (κ3) is 8.95. The Morgan fingerprint density at radius 3 is 0.919 bits per heavy atom. The average Bonchev–Trinajstić information content (AvgIpc) is 3.36. The van der Waals surface area contributed by atoms with Crippen molar-refractivity contribution < 1.29 is 9.47 Å². The van der Waals surface area contributed by atoms with Crippen LogP contribution in [0.1, 0.15) is 22.3 Å². The summed E-state index contributed by atoms with van der Waals surface area (Å²) in [5.41, 5.74) is 14.4. The van der Waals surface area contributed by atoms with Gasteiger partial charge in [-0.3, -0.25) is 19.9 Å². The van der Waals surface area contributed by atoms with Crippen LogP contribution >= 0.6 is 0 Å². The molecular weight excluding hydrogens is 765 g/mol. The van der Waals surface area contributed by atoms with Gasteiger partial charge in [0.1, 0.15) is 11.5 Å². The molecule has 0 saturated heterocycles. The van der Waals surface area contributed by atoms with Crippen molar-refractivity contribution in [3.05, 3.63) is 205 Å². The van der Waals surface area contributed by atoms with E-state index in [-0.39, 0.29) is 0 Å². The van der Waals surface area contributed by atoms with Gasteiger partial charge in [0.15, 0.2) is 0 Å². The SMILES string of the molecule is COc1cc(/C=C/c2ccc(-c3cc(-c4ccccn4)nc(-c4ccccn4)c3)cc2)c(OC)cc1/C=C/c1ccc(-c2cc(-c3ccccn3)nc(-c3ccccn3)c2)cc1. The molecule has 0 radical (unpaired) electrons. The molecule has 6 heterocycles. The summed E-state index contributed by atoms with van der Waals surface area (Å²) in [5.74, 6) is 1.47. The molecule has 0 N–H and O–H groups in total. The Morgan fingerprint density at radius 2 is 0.645 bits per heavy atom. The second-order valence-corrected chi connectivity index (χ2v) is 14.4. The third-order valence-electron chi connectivity index (χ3n) is 10.3. The maximum absolute atomic E-state index is 5.88. The van der Waals surface area contributed by atoms with E-state index in [1.807, 2.05) is 97.1 Å². The molecule has 9 rings (SSSR count). The topological polar surface area (TPSA) is 95.8 Å². The molecule has 0 aliphatic rings. The lowest BCUT2D eigenvalue weighted by Gasteiger charge is -2.12. The molecule has 9 aromatic rings. The number of hydrogen-bond acceptors (Lipinski definition) is 8. The molecule has 0 fully saturated rings. The number of benzene rings is 3. The van der Waals surface area contributed by atoms with Gasteiger partial charge in [-0.25, -0.2) is 9.97 Å². The first-order valence-corrected chi connectivity index (χ1v) is 20.1. The highest BCUT2D eigenvalue weighted by Crippen LogP contribution is 2.34. The molecule has 3 aromatic carbocycles. The summed E-state index contributed by atoms with van der Waals surface area (Å²) in [6, 6.07) is 52.6. The van der Waals surface area contributed by atoms with Crippen molar-refractivity contribution in [2.75, 3.05) is 14.2 Å². The lowest BCUT2D eigenvalue weighted by atomic mass is 10.0. The Kier molecular flexibility index (Phi) is 11.5. The van der Waals surface area contributed by atoms with Crippen molar-refractivity contribution in [1.29, 1.82) is 0 Å². The Morgan fingerprint density at radius 1 is 0.323 bits per heavy atom. The molecule has 298 valence electrons. The fraction of sp³-hybridized carbons (Fsp3) is 0.0370. The first kappa shape index (κ1) is 39.1. The Balaban J connectivity index is 0.939. The monoisotopic (exact) mass is 804 g/mol. The second-order valence-electron chi connectivity index (χ2n) is 14.4. The van der Waals surface area contributed by atoms with E-state index in [0.29, 0.717) is 0 Å². The molecule has 0 unspecified atom stereocenters. The molecule has 6 aromatic heterocycles. The van der Waals surface area contributed by atoms with Gasteiger partial charge >= 0.3 is 0 Å². The highest BCUT2D eigenvalue weighted by atomic mass is 16.5. The fourth-order valence-electron chi connectivity index (χ4n) is 7.13. The molecular formula is C54H40N6O2. The molecule has 0 aliphatic carbocycles. The molecule has 8 nitrogen and oxygen atoms in total. The van der Waals surface area contributed by atoms with Crippen molar-refractivity contribution >= 4 is 24.3 Å². The van der Waals surface area contributed by atoms with Gasteiger partial charge in [-0.1, -0.05) is 97.1 Å². The lowest BCUT2D eigenvalue weighted by Crippen LogP contribution is -1.94. The van der Waals surface area contributed by atoms with Gasteiger partial charge in [-0.05, 0) is 118 Å². The van der Waals surface area contributed by atoms with Crippen LogP contribution in [0.4, 0.5) is 0 Å². The minimum Gasteiger partial charge on any atom is -0.496 e. The van der Waals surface area contributed by atoms with Crippen LogP contribution < -0.4 is 9.47 Å². The van der Waals surface area contributed by atoms with E-state index in [1.54, 1.807) is 39.0 Å². The minimum atomic E-state index is 0.736. The van der Waals surface area contributed by atoms with E-state index in [9.17, 15) is 0 Å². The van der Waals surface area contributed by atoms with Gasteiger partial charge in [0.05, 0.1) is 59.8 Å². The van der Waals surface area contributed by atoms with E-state index in [4.69, 9.17) is 19.4 Å². The molecule has 0 spiro atoms. The summed E-state index contributed by atoms with van der Waals surface area (Å²) >= 11 is 0. The predicted octanol–water partition coefficient (Wildman–Crippen LogP) is 12.4. The van der Waals surface area contributed by atoms with Gasteiger partial charge in [-0.2, -0.15) is 0 Å². The largest absolute Gasteiger partial charge is 0.496 e. The van der Waals surface area contributed by atoms with Crippen LogP contribution in [0.3, 0.4) is 0 Å². The zero-order valence-corrected chi connectivity index (χ0v) is 34.1. The number of ether oxygens (including phenoxy) is 2. The summed E-state index contributed by atoms with van der Waals surface area (Å²) in [6.07, 6.45) is 15.4. The summed E-state index contributed by atoms with van der Waals surface area (Å²) in [5, 5.41) is 0. The predicted molar refractivity (Wildman–Crippen MR) is 250 cm³/mol. The number of pyridine rings is 6. The van der Waals surface area contributed by atoms with Crippen molar-refractivity contribution in [2.45, 2.75) is 0 Å². The van der Waals surface area contributed by atoms with Crippen molar-refractivity contribution in [3.8, 4) is 79.3 Å². The average molecular weight is 805 g/mol. The highest BCUT2D eigenvalue weighted by Gasteiger charge is 2.13. The maximum atomic E-state index is 5.88. The molecule has 62 heavy (non-hydrogen) atoms. The summed E-state index contributed by atoms with van der Waals surface area (Å²) in [6.45, 7) is 0. The third-order valence-corrected chi connectivity index (χ3v) is 10.3. The van der Waals surface area contributed by atoms with Crippen molar-refractivity contribution in [2.24, 2.45) is 0 Å². The standard InChI is InChI=1S/C54H40N6O2/c1-61-53-35-42(26-20-38-17-23-40(24-18-38)44-33-51(47-13-5-9-29-57-47)60-52(34-44)48-14-6-10-30-58-48)54(62-2)36-41(53)25-19-37-15-21-39(22-16-37)43-31-49(45-11-3-7-27-55-45)59-50(32-43)46-12-4-8-28-56-46/h3-36H,1-2H3/b25-19+,26-20+. The maximum Gasteiger partial charge on any atom is 0.126 e. The minimum absolute atomic E-state index is 0.736.